The van der Waals surface area contributed by atoms with Crippen molar-refractivity contribution in [3.63, 3.8) is 0 Å². The van der Waals surface area contributed by atoms with E-state index in [1.807, 2.05) is 20.8 Å². The molecule has 0 radical (unpaired) electrons. The zero-order valence-electron chi connectivity index (χ0n) is 12.0. The van der Waals surface area contributed by atoms with Crippen molar-refractivity contribution in [2.75, 3.05) is 33.3 Å². The third-order valence-electron chi connectivity index (χ3n) is 3.06. The number of rotatable bonds is 5. The van der Waals surface area contributed by atoms with E-state index < -0.39 is 5.60 Å². The summed E-state index contributed by atoms with van der Waals surface area (Å²) in [4.78, 5) is 15.7. The Morgan fingerprint density at radius 3 is 2.50 bits per heavy atom. The van der Waals surface area contributed by atoms with Crippen LogP contribution in [0.25, 0.3) is 0 Å². The highest BCUT2D eigenvalue weighted by Crippen LogP contribution is 2.18. The highest BCUT2D eigenvalue weighted by atomic mass is 16.6. The first kappa shape index (κ1) is 15.2. The lowest BCUT2D eigenvalue weighted by molar-refractivity contribution is -0.0110. The Bertz CT molecular complexity index is 270. The van der Waals surface area contributed by atoms with E-state index in [-0.39, 0.29) is 12.7 Å². The van der Waals surface area contributed by atoms with Crippen LogP contribution in [0.5, 0.6) is 0 Å². The number of amides is 1. The van der Waals surface area contributed by atoms with E-state index in [1.165, 1.54) is 0 Å². The Balaban J connectivity index is 2.20. The van der Waals surface area contributed by atoms with Gasteiger partial charge in [0.25, 0.3) is 0 Å². The van der Waals surface area contributed by atoms with E-state index in [1.54, 1.807) is 4.90 Å². The molecular weight excluding hydrogens is 232 g/mol. The number of aliphatic hydroxyl groups is 1. The molecule has 5 nitrogen and oxygen atoms in total. The second-order valence-corrected chi connectivity index (χ2v) is 5.95. The smallest absolute Gasteiger partial charge is 0.410 e. The van der Waals surface area contributed by atoms with Gasteiger partial charge in [-0.25, -0.2) is 4.79 Å². The van der Waals surface area contributed by atoms with Crippen molar-refractivity contribution in [3.05, 3.63) is 0 Å². The number of ether oxygens (including phenoxy) is 1. The highest BCUT2D eigenvalue weighted by molar-refractivity contribution is 5.69. The third kappa shape index (κ3) is 4.82. The van der Waals surface area contributed by atoms with E-state index in [0.717, 1.165) is 32.5 Å². The van der Waals surface area contributed by atoms with Gasteiger partial charge in [-0.05, 0) is 47.2 Å². The number of carbonyl (C=O) groups excluding carboxylic acids is 1. The standard InChI is InChI=1S/C13H26N2O3/c1-13(2,3)18-12(17)15-9-11(10-15)14(4)7-5-6-8-16/h11,16H,5-10H2,1-4H3. The maximum atomic E-state index is 11.7. The van der Waals surface area contributed by atoms with Crippen LogP contribution in [0.15, 0.2) is 0 Å². The van der Waals surface area contributed by atoms with Crippen molar-refractivity contribution in [3.8, 4) is 0 Å². The SMILES string of the molecule is CN(CCCCO)C1CN(C(=O)OC(C)(C)C)C1. The summed E-state index contributed by atoms with van der Waals surface area (Å²) in [5, 5.41) is 8.72. The number of hydrogen-bond acceptors (Lipinski definition) is 4. The summed E-state index contributed by atoms with van der Waals surface area (Å²) in [5.74, 6) is 0. The molecule has 0 aromatic carbocycles. The summed E-state index contributed by atoms with van der Waals surface area (Å²) in [6.45, 7) is 8.33. The van der Waals surface area contributed by atoms with Gasteiger partial charge in [-0.3, -0.25) is 4.90 Å². The van der Waals surface area contributed by atoms with Gasteiger partial charge in [-0.15, -0.1) is 0 Å². The fourth-order valence-electron chi connectivity index (χ4n) is 1.87. The topological polar surface area (TPSA) is 53.0 Å². The molecule has 1 heterocycles. The summed E-state index contributed by atoms with van der Waals surface area (Å²) in [5.41, 5.74) is -0.421. The zero-order valence-corrected chi connectivity index (χ0v) is 12.0. The number of carbonyl (C=O) groups is 1. The van der Waals surface area contributed by atoms with Crippen molar-refractivity contribution in [2.45, 2.75) is 45.3 Å². The third-order valence-corrected chi connectivity index (χ3v) is 3.06. The van der Waals surface area contributed by atoms with Crippen LogP contribution in [-0.4, -0.2) is 65.9 Å². The molecule has 0 aromatic heterocycles. The van der Waals surface area contributed by atoms with Crippen LogP contribution in [0, 0.1) is 0 Å². The molecule has 0 unspecified atom stereocenters. The molecular formula is C13H26N2O3. The number of nitrogens with zero attached hydrogens (tertiary/aromatic N) is 2. The molecule has 1 N–H and O–H groups in total. The predicted octanol–water partition coefficient (Wildman–Crippen LogP) is 1.31. The number of aliphatic hydroxyl groups excluding tert-OH is 1. The minimum Gasteiger partial charge on any atom is -0.444 e. The van der Waals surface area contributed by atoms with Crippen LogP contribution in [0.1, 0.15) is 33.6 Å². The second-order valence-electron chi connectivity index (χ2n) is 5.95. The molecule has 106 valence electrons. The molecule has 1 rings (SSSR count). The molecule has 18 heavy (non-hydrogen) atoms. The lowest BCUT2D eigenvalue weighted by Crippen LogP contribution is -2.60. The lowest BCUT2D eigenvalue weighted by atomic mass is 10.1. The van der Waals surface area contributed by atoms with Gasteiger partial charge in [0.1, 0.15) is 5.60 Å². The summed E-state index contributed by atoms with van der Waals surface area (Å²) >= 11 is 0. The first-order valence-corrected chi connectivity index (χ1v) is 6.62. The molecule has 1 saturated heterocycles. The highest BCUT2D eigenvalue weighted by Gasteiger charge is 2.35. The second kappa shape index (κ2) is 6.38. The van der Waals surface area contributed by atoms with Gasteiger partial charge in [0, 0.05) is 25.7 Å². The Labute approximate surface area is 110 Å². The Morgan fingerprint density at radius 1 is 1.39 bits per heavy atom. The lowest BCUT2D eigenvalue weighted by Gasteiger charge is -2.44. The molecule has 0 saturated carbocycles. The molecule has 1 fully saturated rings. The van der Waals surface area contributed by atoms with Crippen LogP contribution in [0.2, 0.25) is 0 Å². The fraction of sp³-hybridized carbons (Fsp3) is 0.923. The quantitative estimate of drug-likeness (QED) is 0.755. The van der Waals surface area contributed by atoms with E-state index in [4.69, 9.17) is 9.84 Å². The minimum absolute atomic E-state index is 0.220. The average Bonchev–Trinajstić information content (AvgIpc) is 2.12. The van der Waals surface area contributed by atoms with Crippen LogP contribution >= 0.6 is 0 Å². The Kier molecular flexibility index (Phi) is 5.41. The van der Waals surface area contributed by atoms with E-state index in [2.05, 4.69) is 11.9 Å². The van der Waals surface area contributed by atoms with Gasteiger partial charge in [0.2, 0.25) is 0 Å². The van der Waals surface area contributed by atoms with Crippen LogP contribution in [-0.2, 0) is 4.74 Å². The largest absolute Gasteiger partial charge is 0.444 e. The van der Waals surface area contributed by atoms with Crippen molar-refractivity contribution in [1.82, 2.24) is 9.80 Å². The Hall–Kier alpha value is -0.810. The Morgan fingerprint density at radius 2 is 2.00 bits per heavy atom. The van der Waals surface area contributed by atoms with Crippen LogP contribution < -0.4 is 0 Å². The monoisotopic (exact) mass is 258 g/mol. The van der Waals surface area contributed by atoms with Crippen molar-refractivity contribution < 1.29 is 14.6 Å². The molecule has 1 amide bonds. The first-order chi connectivity index (χ1) is 8.33. The number of unbranched alkanes of at least 4 members (excludes halogenated alkanes) is 1. The summed E-state index contributed by atoms with van der Waals surface area (Å²) in [6, 6.07) is 0.427. The van der Waals surface area contributed by atoms with Crippen molar-refractivity contribution in [2.24, 2.45) is 0 Å². The van der Waals surface area contributed by atoms with Crippen molar-refractivity contribution in [1.29, 1.82) is 0 Å². The van der Waals surface area contributed by atoms with Crippen LogP contribution in [0.4, 0.5) is 4.79 Å². The summed E-state index contributed by atoms with van der Waals surface area (Å²) in [7, 11) is 2.06. The first-order valence-electron chi connectivity index (χ1n) is 6.62. The van der Waals surface area contributed by atoms with Gasteiger partial charge in [-0.2, -0.15) is 0 Å². The summed E-state index contributed by atoms with van der Waals surface area (Å²) < 4.78 is 5.30. The maximum absolute atomic E-state index is 11.7. The van der Waals surface area contributed by atoms with Gasteiger partial charge in [-0.1, -0.05) is 0 Å². The minimum atomic E-state index is -0.421. The number of likely N-dealkylation sites (N-methyl/N-ethyl adjacent to an activating group) is 1. The predicted molar refractivity (Wildman–Crippen MR) is 70.5 cm³/mol. The molecule has 5 heteroatoms. The molecule has 0 aromatic rings. The average molecular weight is 258 g/mol. The molecule has 1 aliphatic rings. The van der Waals surface area contributed by atoms with Crippen LogP contribution in [0.3, 0.4) is 0 Å². The number of likely N-dealkylation sites (tertiary alicyclic amines) is 1. The summed E-state index contributed by atoms with van der Waals surface area (Å²) in [6.07, 6.45) is 1.62. The van der Waals surface area contributed by atoms with E-state index in [0.29, 0.717) is 6.04 Å². The zero-order chi connectivity index (χ0) is 13.8. The van der Waals surface area contributed by atoms with Gasteiger partial charge in [0.15, 0.2) is 0 Å². The van der Waals surface area contributed by atoms with Crippen molar-refractivity contribution >= 4 is 6.09 Å². The van der Waals surface area contributed by atoms with E-state index >= 15 is 0 Å². The van der Waals surface area contributed by atoms with Gasteiger partial charge < -0.3 is 14.7 Å². The molecule has 0 bridgehead atoms. The van der Waals surface area contributed by atoms with Gasteiger partial charge in [0.05, 0.1) is 0 Å². The molecule has 1 aliphatic heterocycles. The molecule has 0 aliphatic carbocycles. The normalized spacial score (nSPS) is 16.9. The van der Waals surface area contributed by atoms with E-state index in [9.17, 15) is 4.79 Å². The molecule has 0 spiro atoms. The maximum Gasteiger partial charge on any atom is 0.410 e. The molecule has 0 atom stereocenters. The number of hydrogen-bond donors (Lipinski definition) is 1. The fourth-order valence-corrected chi connectivity index (χ4v) is 1.87. The van der Waals surface area contributed by atoms with Gasteiger partial charge >= 0.3 is 6.09 Å².